The number of aryl methyl sites for hydroxylation is 1. The maximum atomic E-state index is 12.1. The summed E-state index contributed by atoms with van der Waals surface area (Å²) in [5.74, 6) is 1.08. The Morgan fingerprint density at radius 3 is 2.67 bits per heavy atom. The minimum Gasteiger partial charge on any atom is -0.468 e. The molecular weight excluding hydrogens is 224 g/mol. The average molecular weight is 235 g/mol. The lowest BCUT2D eigenvalue weighted by Crippen LogP contribution is -2.20. The van der Waals surface area contributed by atoms with Crippen molar-refractivity contribution in [3.63, 3.8) is 0 Å². The molecule has 0 aromatic carbocycles. The zero-order valence-electron chi connectivity index (χ0n) is 8.30. The van der Waals surface area contributed by atoms with Crippen LogP contribution in [0.3, 0.4) is 0 Å². The molecule has 1 aromatic rings. The largest absolute Gasteiger partial charge is 0.505 e. The molecule has 0 radical (unpaired) electrons. The highest BCUT2D eigenvalue weighted by Crippen LogP contribution is 2.24. The summed E-state index contributed by atoms with van der Waals surface area (Å²) >= 11 is 1.16. The van der Waals surface area contributed by atoms with Crippen LogP contribution < -0.4 is 0 Å². The number of halogens is 3. The predicted molar refractivity (Wildman–Crippen MR) is 57.8 cm³/mol. The van der Waals surface area contributed by atoms with E-state index in [1.807, 2.05) is 6.92 Å². The van der Waals surface area contributed by atoms with Crippen molar-refractivity contribution in [2.24, 2.45) is 0 Å². The van der Waals surface area contributed by atoms with Crippen LogP contribution in [0.1, 0.15) is 11.3 Å². The predicted octanol–water partition coefficient (Wildman–Crippen LogP) is 3.76. The van der Waals surface area contributed by atoms with Crippen molar-refractivity contribution in [1.82, 2.24) is 0 Å². The summed E-state index contributed by atoms with van der Waals surface area (Å²) in [6.45, 7) is -0.0150. The molecule has 0 fully saturated rings. The van der Waals surface area contributed by atoms with Crippen LogP contribution >= 0.6 is 11.8 Å². The van der Waals surface area contributed by atoms with Crippen molar-refractivity contribution in [3.8, 4) is 0 Å². The summed E-state index contributed by atoms with van der Waals surface area (Å²) in [6.07, 6.45) is 1.54. The number of thioether (sulfide) groups is 1. The van der Waals surface area contributed by atoms with Crippen LogP contribution in [-0.4, -0.2) is 12.7 Å². The molecular formula is C9H11BF3OS-. The molecule has 15 heavy (non-hydrogen) atoms. The van der Waals surface area contributed by atoms with Gasteiger partial charge in [0.1, 0.15) is 5.76 Å². The first-order valence-corrected chi connectivity index (χ1v) is 5.55. The van der Waals surface area contributed by atoms with Crippen LogP contribution in [0.2, 0.25) is 0 Å². The molecule has 0 aliphatic heterocycles. The van der Waals surface area contributed by atoms with Crippen molar-refractivity contribution in [3.05, 3.63) is 35.7 Å². The van der Waals surface area contributed by atoms with E-state index in [9.17, 15) is 12.9 Å². The minimum absolute atomic E-state index is 0.0936. The highest BCUT2D eigenvalue weighted by Gasteiger charge is 2.26. The molecule has 84 valence electrons. The molecule has 0 bridgehead atoms. The van der Waals surface area contributed by atoms with Gasteiger partial charge in [0.15, 0.2) is 0 Å². The van der Waals surface area contributed by atoms with Crippen molar-refractivity contribution in [2.75, 3.05) is 5.75 Å². The van der Waals surface area contributed by atoms with E-state index in [-0.39, 0.29) is 5.75 Å². The molecule has 0 unspecified atom stereocenters. The Labute approximate surface area is 90.8 Å². The monoisotopic (exact) mass is 235 g/mol. The normalized spacial score (nSPS) is 11.7. The van der Waals surface area contributed by atoms with Gasteiger partial charge in [-0.05, 0) is 24.3 Å². The van der Waals surface area contributed by atoms with Gasteiger partial charge >= 0.3 is 6.98 Å². The van der Waals surface area contributed by atoms with E-state index in [0.717, 1.165) is 23.1 Å². The third-order valence-electron chi connectivity index (χ3n) is 1.95. The molecule has 0 aliphatic carbocycles. The van der Waals surface area contributed by atoms with Crippen molar-refractivity contribution >= 4 is 18.7 Å². The number of hydrogen-bond acceptors (Lipinski definition) is 2. The Kier molecular flexibility index (Phi) is 3.96. The molecule has 0 amide bonds. The Bertz CT molecular complexity index is 345. The Morgan fingerprint density at radius 1 is 1.53 bits per heavy atom. The summed E-state index contributed by atoms with van der Waals surface area (Å²) in [5, 5.41) is 0. The van der Waals surface area contributed by atoms with Gasteiger partial charge in [-0.15, -0.1) is 12.1 Å². The van der Waals surface area contributed by atoms with Crippen molar-refractivity contribution < 1.29 is 17.4 Å². The lowest BCUT2D eigenvalue weighted by Gasteiger charge is -2.16. The van der Waals surface area contributed by atoms with Gasteiger partial charge in [0, 0.05) is 0 Å². The smallest absolute Gasteiger partial charge is 0.468 e. The molecule has 0 saturated heterocycles. The highest BCUT2D eigenvalue weighted by atomic mass is 32.2. The summed E-state index contributed by atoms with van der Waals surface area (Å²) in [5.41, 5.74) is 0.315. The summed E-state index contributed by atoms with van der Waals surface area (Å²) < 4.78 is 41.5. The Morgan fingerprint density at radius 2 is 2.20 bits per heavy atom. The van der Waals surface area contributed by atoms with Crippen LogP contribution in [0.4, 0.5) is 12.9 Å². The maximum Gasteiger partial charge on any atom is 0.505 e. The summed E-state index contributed by atoms with van der Waals surface area (Å²) in [7, 11) is 0. The zero-order valence-corrected chi connectivity index (χ0v) is 9.12. The maximum absolute atomic E-state index is 12.1. The first-order chi connectivity index (χ1) is 6.91. The molecule has 0 spiro atoms. The number of rotatable bonds is 5. The lowest BCUT2D eigenvalue weighted by atomic mass is 9.82. The molecule has 1 heterocycles. The summed E-state index contributed by atoms with van der Waals surface area (Å²) in [4.78, 5) is 0. The zero-order chi connectivity index (χ0) is 11.5. The average Bonchev–Trinajstić information content (AvgIpc) is 2.50. The van der Waals surface area contributed by atoms with E-state index in [1.165, 1.54) is 6.26 Å². The van der Waals surface area contributed by atoms with Crippen LogP contribution in [0.5, 0.6) is 0 Å². The first-order valence-electron chi connectivity index (χ1n) is 4.39. The van der Waals surface area contributed by atoms with Gasteiger partial charge in [-0.2, -0.15) is 11.8 Å². The minimum atomic E-state index is -4.90. The van der Waals surface area contributed by atoms with Gasteiger partial charge in [-0.25, -0.2) is 0 Å². The molecule has 6 heteroatoms. The molecule has 0 aliphatic rings. The first kappa shape index (κ1) is 12.3. The fraction of sp³-hybridized carbons (Fsp3) is 0.333. The van der Waals surface area contributed by atoms with Gasteiger partial charge in [0.2, 0.25) is 0 Å². The quantitative estimate of drug-likeness (QED) is 0.720. The van der Waals surface area contributed by atoms with Crippen LogP contribution in [-0.2, 0) is 5.75 Å². The van der Waals surface area contributed by atoms with Gasteiger partial charge in [-0.1, -0.05) is 0 Å². The third-order valence-corrected chi connectivity index (χ3v) is 2.99. The second kappa shape index (κ2) is 4.83. The van der Waals surface area contributed by atoms with E-state index in [2.05, 4.69) is 6.58 Å². The van der Waals surface area contributed by atoms with E-state index < -0.39 is 12.4 Å². The molecule has 0 atom stereocenters. The fourth-order valence-electron chi connectivity index (χ4n) is 0.921. The van der Waals surface area contributed by atoms with E-state index >= 15 is 0 Å². The van der Waals surface area contributed by atoms with Gasteiger partial charge in [0.25, 0.3) is 0 Å². The standard InChI is InChI=1S/C9H11BF3OS/c1-7-3-4-14-9(7)6-15-5-8(2)10(11,12)13/h3-4H,2,5-6H2,1H3/q-1. The van der Waals surface area contributed by atoms with E-state index in [1.54, 1.807) is 6.07 Å². The molecule has 0 saturated carbocycles. The second-order valence-corrected chi connectivity index (χ2v) is 4.24. The molecule has 0 N–H and O–H groups in total. The van der Waals surface area contributed by atoms with E-state index in [4.69, 9.17) is 4.42 Å². The van der Waals surface area contributed by atoms with Gasteiger partial charge < -0.3 is 17.4 Å². The van der Waals surface area contributed by atoms with E-state index in [0.29, 0.717) is 5.75 Å². The van der Waals surface area contributed by atoms with Crippen molar-refractivity contribution in [1.29, 1.82) is 0 Å². The van der Waals surface area contributed by atoms with Gasteiger partial charge in [-0.3, -0.25) is 0 Å². The molecule has 1 nitrogen and oxygen atoms in total. The molecule has 1 rings (SSSR count). The number of hydrogen-bond donors (Lipinski definition) is 0. The topological polar surface area (TPSA) is 13.1 Å². The van der Waals surface area contributed by atoms with Crippen LogP contribution in [0.15, 0.2) is 28.8 Å². The van der Waals surface area contributed by atoms with Crippen molar-refractivity contribution in [2.45, 2.75) is 12.7 Å². The third kappa shape index (κ3) is 3.70. The van der Waals surface area contributed by atoms with Crippen LogP contribution in [0, 0.1) is 6.92 Å². The van der Waals surface area contributed by atoms with Crippen LogP contribution in [0.25, 0.3) is 0 Å². The highest BCUT2D eigenvalue weighted by molar-refractivity contribution is 7.98. The SMILES string of the molecule is C=C(CSCc1occc1C)[B-](F)(F)F. The Balaban J connectivity index is 2.35. The Hall–Kier alpha value is -0.775. The van der Waals surface area contributed by atoms with Gasteiger partial charge in [0.05, 0.1) is 12.0 Å². The lowest BCUT2D eigenvalue weighted by molar-refractivity contribution is 0.491. The number of furan rings is 1. The fourth-order valence-corrected chi connectivity index (χ4v) is 1.96. The summed E-state index contributed by atoms with van der Waals surface area (Å²) in [6, 6.07) is 1.79. The molecule has 1 aromatic heterocycles. The second-order valence-electron chi connectivity index (χ2n) is 3.25.